The Morgan fingerprint density at radius 2 is 1.47 bits per heavy atom. The Balaban J connectivity index is 2.08. The molecular weight excluding hydrogens is 226 g/mol. The summed E-state index contributed by atoms with van der Waals surface area (Å²) >= 11 is 0. The fourth-order valence-corrected chi connectivity index (χ4v) is 4.27. The number of hydrogen-bond donors (Lipinski definition) is 1. The molecule has 0 amide bonds. The van der Waals surface area contributed by atoms with Crippen molar-refractivity contribution in [1.29, 1.82) is 0 Å². The third-order valence-electron chi connectivity index (χ3n) is 2.90. The van der Waals surface area contributed by atoms with E-state index in [0.717, 1.165) is 6.54 Å². The van der Waals surface area contributed by atoms with E-state index in [1.165, 1.54) is 21.2 Å². The van der Waals surface area contributed by atoms with Crippen molar-refractivity contribution in [3.63, 3.8) is 0 Å². The number of rotatable bonds is 2. The maximum Gasteiger partial charge on any atom is 0.0508 e. The van der Waals surface area contributed by atoms with E-state index in [1.54, 1.807) is 0 Å². The van der Waals surface area contributed by atoms with Gasteiger partial charge in [0.05, 0.1) is 4.99 Å². The van der Waals surface area contributed by atoms with Gasteiger partial charge in [-0.15, -0.1) is 10.5 Å². The summed E-state index contributed by atoms with van der Waals surface area (Å²) in [6.07, 6.45) is 0. The van der Waals surface area contributed by atoms with Crippen LogP contribution in [0.2, 0.25) is 0 Å². The molecule has 2 aromatic rings. The first-order valence-electron chi connectivity index (χ1n) is 5.87. The Morgan fingerprint density at radius 3 is 2.18 bits per heavy atom. The normalized spacial score (nSPS) is 19.5. The van der Waals surface area contributed by atoms with Gasteiger partial charge >= 0.3 is 0 Å². The highest BCUT2D eigenvalue weighted by Crippen LogP contribution is 2.31. The van der Waals surface area contributed by atoms with Gasteiger partial charge in [-0.05, 0) is 17.7 Å². The van der Waals surface area contributed by atoms with Gasteiger partial charge < -0.3 is 0 Å². The van der Waals surface area contributed by atoms with E-state index < -0.39 is 0 Å². The van der Waals surface area contributed by atoms with Crippen LogP contribution in [0.15, 0.2) is 65.6 Å². The molecule has 0 saturated carbocycles. The molecule has 0 spiro atoms. The lowest BCUT2D eigenvalue weighted by Crippen LogP contribution is -2.19. The first-order chi connectivity index (χ1) is 8.45. The molecule has 2 heteroatoms. The van der Waals surface area contributed by atoms with E-state index in [9.17, 15) is 0 Å². The molecular formula is C15H15NS. The summed E-state index contributed by atoms with van der Waals surface area (Å²) in [6, 6.07) is 21.5. The Kier molecular flexibility index (Phi) is 3.08. The average Bonchev–Trinajstić information content (AvgIpc) is 2.90. The van der Waals surface area contributed by atoms with Crippen LogP contribution in [-0.2, 0) is 0 Å². The lowest BCUT2D eigenvalue weighted by Gasteiger charge is -2.08. The van der Waals surface area contributed by atoms with Crippen LogP contribution in [0.4, 0.5) is 0 Å². The van der Waals surface area contributed by atoms with Gasteiger partial charge in [-0.25, -0.2) is 0 Å². The van der Waals surface area contributed by atoms with Gasteiger partial charge in [-0.1, -0.05) is 48.5 Å². The lowest BCUT2D eigenvalue weighted by molar-refractivity contribution is 1.01. The van der Waals surface area contributed by atoms with Gasteiger partial charge in [-0.3, -0.25) is 5.32 Å². The van der Waals surface area contributed by atoms with Gasteiger partial charge in [0, 0.05) is 17.2 Å². The van der Waals surface area contributed by atoms with Crippen LogP contribution in [0.5, 0.6) is 0 Å². The van der Waals surface area contributed by atoms with Crippen molar-refractivity contribution >= 4 is 15.5 Å². The van der Waals surface area contributed by atoms with Crippen molar-refractivity contribution in [1.82, 2.24) is 5.32 Å². The van der Waals surface area contributed by atoms with E-state index in [0.29, 0.717) is 0 Å². The molecule has 86 valence electrons. The minimum atomic E-state index is 0.226. The predicted molar refractivity (Wildman–Crippen MR) is 75.7 cm³/mol. The average molecular weight is 241 g/mol. The van der Waals surface area contributed by atoms with Gasteiger partial charge in [-0.2, -0.15) is 0 Å². The van der Waals surface area contributed by atoms with E-state index in [2.05, 4.69) is 66.0 Å². The third-order valence-corrected chi connectivity index (χ3v) is 5.23. The lowest BCUT2D eigenvalue weighted by atomic mass is 10.2. The summed E-state index contributed by atoms with van der Waals surface area (Å²) in [5.74, 6) is 1.22. The van der Waals surface area contributed by atoms with Crippen molar-refractivity contribution in [3.8, 4) is 0 Å². The smallest absolute Gasteiger partial charge is 0.0508 e. The van der Waals surface area contributed by atoms with Crippen molar-refractivity contribution in [2.45, 2.75) is 4.90 Å². The molecule has 1 nitrogen and oxygen atoms in total. The van der Waals surface area contributed by atoms with E-state index in [1.807, 2.05) is 0 Å². The Morgan fingerprint density at radius 1 is 0.824 bits per heavy atom. The molecule has 1 N–H and O–H groups in total. The first-order valence-corrected chi connectivity index (χ1v) is 7.27. The summed E-state index contributed by atoms with van der Waals surface area (Å²) in [5, 5.41) is 3.55. The monoisotopic (exact) mass is 241 g/mol. The fraction of sp³-hybridized carbons (Fsp3) is 0.133. The van der Waals surface area contributed by atoms with Gasteiger partial charge in [0.1, 0.15) is 0 Å². The minimum Gasteiger partial charge on any atom is -0.282 e. The van der Waals surface area contributed by atoms with E-state index >= 15 is 0 Å². The largest absolute Gasteiger partial charge is 0.282 e. The molecule has 2 aromatic carbocycles. The van der Waals surface area contributed by atoms with Crippen LogP contribution in [0.25, 0.3) is 0 Å². The maximum absolute atomic E-state index is 3.55. The third kappa shape index (κ3) is 2.19. The van der Waals surface area contributed by atoms with Crippen LogP contribution in [0.3, 0.4) is 0 Å². The van der Waals surface area contributed by atoms with Crippen LogP contribution in [0, 0.1) is 0 Å². The zero-order chi connectivity index (χ0) is 11.5. The number of benzene rings is 2. The van der Waals surface area contributed by atoms with Crippen LogP contribution in [-0.4, -0.2) is 17.3 Å². The number of nitrogens with one attached hydrogen (secondary N) is 1. The fourth-order valence-electron chi connectivity index (χ4n) is 2.11. The first kappa shape index (κ1) is 10.8. The van der Waals surface area contributed by atoms with Gasteiger partial charge in [0.2, 0.25) is 0 Å². The number of hydrogen-bond acceptors (Lipinski definition) is 1. The SMILES string of the molecule is c1ccc(C2=S(c3ccccc3)CCN2)cc1. The van der Waals surface area contributed by atoms with E-state index in [-0.39, 0.29) is 10.5 Å². The molecule has 0 saturated heterocycles. The summed E-state index contributed by atoms with van der Waals surface area (Å²) in [6.45, 7) is 1.09. The second-order valence-corrected chi connectivity index (χ2v) is 6.10. The van der Waals surface area contributed by atoms with Gasteiger partial charge in [0.25, 0.3) is 0 Å². The predicted octanol–water partition coefficient (Wildman–Crippen LogP) is 3.10. The van der Waals surface area contributed by atoms with Crippen molar-refractivity contribution < 1.29 is 0 Å². The topological polar surface area (TPSA) is 12.0 Å². The molecule has 1 unspecified atom stereocenters. The molecule has 17 heavy (non-hydrogen) atoms. The highest BCUT2D eigenvalue weighted by Gasteiger charge is 2.15. The standard InChI is InChI=1S/C15H15NS/c1-3-7-13(8-4-1)15-16-11-12-17(15)14-9-5-2-6-10-14/h1-10,16H,11-12H2. The molecule has 1 aliphatic rings. The minimum absolute atomic E-state index is 0.226. The molecule has 1 aliphatic heterocycles. The van der Waals surface area contributed by atoms with E-state index in [4.69, 9.17) is 0 Å². The van der Waals surface area contributed by atoms with Gasteiger partial charge in [0.15, 0.2) is 0 Å². The van der Waals surface area contributed by atoms with Crippen molar-refractivity contribution in [2.75, 3.05) is 12.3 Å². The maximum atomic E-state index is 3.55. The molecule has 0 fully saturated rings. The van der Waals surface area contributed by atoms with Crippen LogP contribution >= 0.6 is 10.5 Å². The second kappa shape index (κ2) is 4.86. The molecule has 1 atom stereocenters. The summed E-state index contributed by atoms with van der Waals surface area (Å²) in [4.78, 5) is 2.84. The second-order valence-electron chi connectivity index (χ2n) is 4.03. The molecule has 0 aliphatic carbocycles. The highest BCUT2D eigenvalue weighted by atomic mass is 32.2. The quantitative estimate of drug-likeness (QED) is 0.797. The molecule has 1 heterocycles. The summed E-state index contributed by atoms with van der Waals surface area (Å²) in [7, 11) is 0.226. The summed E-state index contributed by atoms with van der Waals surface area (Å²) in [5.41, 5.74) is 1.33. The zero-order valence-corrected chi connectivity index (χ0v) is 10.4. The van der Waals surface area contributed by atoms with Crippen LogP contribution in [0.1, 0.15) is 5.56 Å². The van der Waals surface area contributed by atoms with Crippen molar-refractivity contribution in [2.24, 2.45) is 0 Å². The molecule has 0 radical (unpaired) electrons. The van der Waals surface area contributed by atoms with Crippen LogP contribution < -0.4 is 5.32 Å². The Bertz CT molecular complexity index is 482. The molecule has 0 bridgehead atoms. The van der Waals surface area contributed by atoms with Crippen molar-refractivity contribution in [3.05, 3.63) is 66.2 Å². The highest BCUT2D eigenvalue weighted by molar-refractivity contribution is 8.16. The zero-order valence-electron chi connectivity index (χ0n) is 9.60. The Hall–Kier alpha value is -1.38. The Labute approximate surface area is 104 Å². The summed E-state index contributed by atoms with van der Waals surface area (Å²) < 4.78 is 0. The molecule has 3 rings (SSSR count). The molecule has 0 aromatic heterocycles.